The topological polar surface area (TPSA) is 95.7 Å². The van der Waals surface area contributed by atoms with Crippen LogP contribution in [0.15, 0.2) is 66.1 Å². The molecule has 0 spiro atoms. The number of alkyl halides is 3. The molecule has 0 aliphatic carbocycles. The number of hydrogen-bond acceptors (Lipinski definition) is 6. The van der Waals surface area contributed by atoms with E-state index in [1.807, 2.05) is 0 Å². The Kier molecular flexibility index (Phi) is 3.61. The smallest absolute Gasteiger partial charge is 0.416 e. The predicted molar refractivity (Wildman–Crippen MR) is 91.6 cm³/mol. The van der Waals surface area contributed by atoms with Gasteiger partial charge in [-0.3, -0.25) is 4.79 Å². The zero-order valence-electron chi connectivity index (χ0n) is 18.8. The Hall–Kier alpha value is -3.01. The maximum atomic E-state index is 13.2. The summed E-state index contributed by atoms with van der Waals surface area (Å²) in [4.78, 5) is 12.8. The van der Waals surface area contributed by atoms with Crippen molar-refractivity contribution in [1.29, 1.82) is 0 Å². The summed E-state index contributed by atoms with van der Waals surface area (Å²) in [6, 6.07) is 1.73. The fraction of sp³-hybridized carbons (Fsp3) is 0.167. The number of ketones is 1. The number of halogens is 3. The summed E-state index contributed by atoms with van der Waals surface area (Å²) < 4.78 is 113. The third-order valence-electron chi connectivity index (χ3n) is 3.38. The number of rotatable bonds is 5. The molecule has 2 aromatic carbocycles. The summed E-state index contributed by atoms with van der Waals surface area (Å²) in [6.07, 6.45) is -8.48. The summed E-state index contributed by atoms with van der Waals surface area (Å²) >= 11 is 0. The van der Waals surface area contributed by atoms with Gasteiger partial charge in [0.05, 0.1) is 12.4 Å². The molecule has 1 aliphatic heterocycles. The fourth-order valence-electron chi connectivity index (χ4n) is 2.16. The van der Waals surface area contributed by atoms with E-state index < -0.39 is 80.8 Å². The second-order valence-corrected chi connectivity index (χ2v) is 7.04. The number of carbonyl (C=O) groups excluding carboxylic acids is 1. The lowest BCUT2D eigenvalue weighted by Crippen LogP contribution is -2.16. The van der Waals surface area contributed by atoms with Crippen molar-refractivity contribution >= 4 is 15.9 Å². The average molecular weight is 418 g/mol. The third kappa shape index (κ3) is 4.28. The Morgan fingerprint density at radius 3 is 2.36 bits per heavy atom. The van der Waals surface area contributed by atoms with E-state index in [4.69, 9.17) is 21.5 Å². The Bertz CT molecular complexity index is 1260. The van der Waals surface area contributed by atoms with E-state index in [1.54, 1.807) is 18.2 Å². The second kappa shape index (κ2) is 7.19. The number of ether oxygens (including phenoxy) is 1. The molecular formula is C18H14F3NO5S. The van der Waals surface area contributed by atoms with Gasteiger partial charge in [-0.25, -0.2) is 0 Å². The Morgan fingerprint density at radius 2 is 1.79 bits per heavy atom. The van der Waals surface area contributed by atoms with E-state index in [0.29, 0.717) is 0 Å². The standard InChI is InChI=1S/C18H14F3NO5S/c19-18(20,21)13-8-6-12(7-9-13)15-14(23)16(17(22)26-15)27-28(24,25)10-11-4-2-1-3-5-11/h1-9,15H,10,22H2/i6D,7D,8D,9D,15D. The molecule has 0 radical (unpaired) electrons. The van der Waals surface area contributed by atoms with Gasteiger partial charge in [-0.1, -0.05) is 42.4 Å². The van der Waals surface area contributed by atoms with Crippen LogP contribution >= 0.6 is 0 Å². The summed E-state index contributed by atoms with van der Waals surface area (Å²) in [6.45, 7) is 0. The first-order chi connectivity index (χ1) is 15.1. The number of hydrogen-bond donors (Lipinski definition) is 1. The maximum Gasteiger partial charge on any atom is 0.416 e. The summed E-state index contributed by atoms with van der Waals surface area (Å²) in [7, 11) is -4.52. The molecule has 1 atom stereocenters. The van der Waals surface area contributed by atoms with Gasteiger partial charge in [0.1, 0.15) is 5.75 Å². The molecule has 1 aliphatic rings. The molecule has 2 aromatic rings. The van der Waals surface area contributed by atoms with Crippen LogP contribution in [0.5, 0.6) is 0 Å². The molecule has 2 N–H and O–H groups in total. The molecule has 10 heteroatoms. The van der Waals surface area contributed by atoms with Crippen LogP contribution in [0.1, 0.15) is 29.6 Å². The highest BCUT2D eigenvalue weighted by Gasteiger charge is 2.40. The SMILES string of the molecule is [2H]c1c([2H])c(C2([2H])OC(N)=C(OS(=O)(=O)Cc3ccccc3)C2=O)c([2H])c([2H])c1C(F)(F)F. The first-order valence-electron chi connectivity index (χ1n) is 9.98. The molecule has 148 valence electrons. The molecule has 0 fully saturated rings. The minimum absolute atomic E-state index is 0.280. The van der Waals surface area contributed by atoms with Crippen LogP contribution in [0.4, 0.5) is 13.2 Å². The van der Waals surface area contributed by atoms with Crippen LogP contribution in [0.3, 0.4) is 0 Å². The lowest BCUT2D eigenvalue weighted by molar-refractivity contribution is -0.137. The molecule has 0 saturated heterocycles. The normalized spacial score (nSPS) is 22.7. The molecular weight excluding hydrogens is 399 g/mol. The van der Waals surface area contributed by atoms with Crippen molar-refractivity contribution in [3.05, 3.63) is 82.8 Å². The first kappa shape index (κ1) is 14.1. The van der Waals surface area contributed by atoms with Crippen molar-refractivity contribution in [2.45, 2.75) is 18.0 Å². The highest BCUT2D eigenvalue weighted by Crippen LogP contribution is 2.35. The van der Waals surface area contributed by atoms with Crippen LogP contribution in [-0.2, 0) is 35.8 Å². The number of benzene rings is 2. The summed E-state index contributed by atoms with van der Waals surface area (Å²) in [5.74, 6) is -4.53. The Balaban J connectivity index is 2.02. The van der Waals surface area contributed by atoms with Gasteiger partial charge < -0.3 is 14.7 Å². The number of carbonyl (C=O) groups is 1. The molecule has 0 bridgehead atoms. The highest BCUT2D eigenvalue weighted by atomic mass is 32.2. The molecule has 28 heavy (non-hydrogen) atoms. The zero-order chi connectivity index (χ0) is 24.9. The highest BCUT2D eigenvalue weighted by molar-refractivity contribution is 7.86. The maximum absolute atomic E-state index is 13.2. The van der Waals surface area contributed by atoms with Crippen LogP contribution < -0.4 is 5.73 Å². The van der Waals surface area contributed by atoms with Crippen LogP contribution in [0.25, 0.3) is 0 Å². The van der Waals surface area contributed by atoms with E-state index in [1.165, 1.54) is 12.1 Å². The third-order valence-corrected chi connectivity index (χ3v) is 4.49. The molecule has 1 unspecified atom stereocenters. The quantitative estimate of drug-likeness (QED) is 0.750. The predicted octanol–water partition coefficient (Wildman–Crippen LogP) is 3.02. The molecule has 3 rings (SSSR count). The molecule has 0 aromatic heterocycles. The van der Waals surface area contributed by atoms with Crippen molar-refractivity contribution in [1.82, 2.24) is 0 Å². The Labute approximate surface area is 165 Å². The summed E-state index contributed by atoms with van der Waals surface area (Å²) in [5.41, 5.74) is 2.68. The van der Waals surface area contributed by atoms with Crippen molar-refractivity contribution in [3.63, 3.8) is 0 Å². The monoisotopic (exact) mass is 418 g/mol. The lowest BCUT2D eigenvalue weighted by Gasteiger charge is -2.12. The second-order valence-electron chi connectivity index (χ2n) is 5.47. The van der Waals surface area contributed by atoms with Crippen LogP contribution in [0, 0.1) is 0 Å². The van der Waals surface area contributed by atoms with Gasteiger partial charge >= 0.3 is 16.3 Å². The van der Waals surface area contributed by atoms with E-state index in [9.17, 15) is 26.4 Å². The van der Waals surface area contributed by atoms with Gasteiger partial charge in [-0.2, -0.15) is 21.6 Å². The van der Waals surface area contributed by atoms with Crippen molar-refractivity contribution in [2.75, 3.05) is 0 Å². The molecule has 0 saturated carbocycles. The minimum Gasteiger partial charge on any atom is -0.460 e. The lowest BCUT2D eigenvalue weighted by atomic mass is 10.0. The zero-order valence-corrected chi connectivity index (χ0v) is 14.6. The minimum atomic E-state index is -5.26. The van der Waals surface area contributed by atoms with E-state index >= 15 is 0 Å². The Morgan fingerprint density at radius 1 is 1.18 bits per heavy atom. The van der Waals surface area contributed by atoms with Crippen molar-refractivity contribution in [3.8, 4) is 0 Å². The number of nitrogens with two attached hydrogens (primary N) is 1. The average Bonchev–Trinajstić information content (AvgIpc) is 2.89. The van der Waals surface area contributed by atoms with Crippen LogP contribution in [-0.4, -0.2) is 14.2 Å². The van der Waals surface area contributed by atoms with Gasteiger partial charge in [-0.15, -0.1) is 0 Å². The van der Waals surface area contributed by atoms with Crippen molar-refractivity contribution in [2.24, 2.45) is 5.73 Å². The number of Topliss-reactive ketones (excluding diaryl/α,β-unsaturated/α-hetero) is 1. The largest absolute Gasteiger partial charge is 0.460 e. The summed E-state index contributed by atoms with van der Waals surface area (Å²) in [5, 5.41) is 0. The van der Waals surface area contributed by atoms with Gasteiger partial charge in [0.25, 0.3) is 0 Å². The molecule has 0 amide bonds. The van der Waals surface area contributed by atoms with Gasteiger partial charge in [0.2, 0.25) is 17.4 Å². The van der Waals surface area contributed by atoms with E-state index in [0.717, 1.165) is 0 Å². The van der Waals surface area contributed by atoms with Gasteiger partial charge in [0.15, 0.2) is 6.08 Å². The fourth-order valence-corrected chi connectivity index (χ4v) is 3.24. The van der Waals surface area contributed by atoms with E-state index in [2.05, 4.69) is 0 Å². The van der Waals surface area contributed by atoms with Crippen molar-refractivity contribution < 1.29 is 42.2 Å². The first-order valence-corrected chi connectivity index (χ1v) is 9.05. The van der Waals surface area contributed by atoms with E-state index in [-0.39, 0.29) is 5.56 Å². The molecule has 6 nitrogen and oxygen atoms in total. The van der Waals surface area contributed by atoms with Crippen LogP contribution in [0.2, 0.25) is 0 Å². The van der Waals surface area contributed by atoms with Gasteiger partial charge in [0, 0.05) is 5.56 Å². The van der Waals surface area contributed by atoms with Gasteiger partial charge in [-0.05, 0) is 17.6 Å². The molecule has 1 heterocycles.